The van der Waals surface area contributed by atoms with E-state index in [2.05, 4.69) is 43.7 Å². The van der Waals surface area contributed by atoms with E-state index in [9.17, 15) is 4.79 Å². The zero-order chi connectivity index (χ0) is 12.5. The van der Waals surface area contributed by atoms with E-state index in [4.69, 9.17) is 5.11 Å². The molecule has 1 amide bonds. The molecule has 0 unspecified atom stereocenters. The fourth-order valence-electron chi connectivity index (χ4n) is 3.72. The van der Waals surface area contributed by atoms with Crippen molar-refractivity contribution >= 4 is 28.7 Å². The topological polar surface area (TPSA) is 67.2 Å². The smallest absolute Gasteiger partial charge is 0.405 e. The number of nitrogens with zero attached hydrogens (tertiary/aromatic N) is 2. The molecule has 1 aromatic heterocycles. The van der Waals surface area contributed by atoms with Crippen LogP contribution in [0.5, 0.6) is 0 Å². The number of carboxylic acid groups (broad SMARTS) is 1. The van der Waals surface area contributed by atoms with Crippen LogP contribution >= 0.6 is 22.6 Å². The third-order valence-electron chi connectivity index (χ3n) is 4.53. The highest BCUT2D eigenvalue weighted by atomic mass is 127. The van der Waals surface area contributed by atoms with E-state index in [-0.39, 0.29) is 11.1 Å². The zero-order valence-corrected chi connectivity index (χ0v) is 12.0. The van der Waals surface area contributed by atoms with Crippen LogP contribution in [-0.4, -0.2) is 26.3 Å². The summed E-state index contributed by atoms with van der Waals surface area (Å²) in [5.41, 5.74) is 0.0269. The van der Waals surface area contributed by atoms with Crippen LogP contribution in [0.25, 0.3) is 0 Å². The second-order valence-electron chi connectivity index (χ2n) is 6.03. The SMILES string of the molecule is O=C(O)NC12CC(n3cc(I)nc3C3CC3)(C1)C2. The second kappa shape index (κ2) is 3.20. The first-order valence-electron chi connectivity index (χ1n) is 6.28. The first-order chi connectivity index (χ1) is 8.52. The fraction of sp³-hybridized carbons (Fsp3) is 0.667. The van der Waals surface area contributed by atoms with Gasteiger partial charge in [0.05, 0.1) is 11.1 Å². The summed E-state index contributed by atoms with van der Waals surface area (Å²) < 4.78 is 3.40. The maximum absolute atomic E-state index is 10.7. The predicted molar refractivity (Wildman–Crippen MR) is 72.6 cm³/mol. The molecule has 2 N–H and O–H groups in total. The number of aromatic nitrogens is 2. The molecule has 0 atom stereocenters. The highest BCUT2D eigenvalue weighted by Crippen LogP contribution is 2.66. The van der Waals surface area contributed by atoms with Gasteiger partial charge in [-0.1, -0.05) is 0 Å². The summed E-state index contributed by atoms with van der Waals surface area (Å²) in [6.45, 7) is 0. The Bertz CT molecular complexity index is 530. The molecule has 4 aliphatic carbocycles. The number of amides is 1. The van der Waals surface area contributed by atoms with Gasteiger partial charge in [0.2, 0.25) is 0 Å². The van der Waals surface area contributed by atoms with Crippen molar-refractivity contribution in [2.45, 2.75) is 49.1 Å². The average Bonchev–Trinajstić information content (AvgIpc) is 2.94. The molecular formula is C12H14IN3O2. The molecule has 5 nitrogen and oxygen atoms in total. The lowest BCUT2D eigenvalue weighted by molar-refractivity contribution is -0.134. The van der Waals surface area contributed by atoms with E-state index in [0.29, 0.717) is 5.92 Å². The van der Waals surface area contributed by atoms with Crippen molar-refractivity contribution in [2.24, 2.45) is 0 Å². The van der Waals surface area contributed by atoms with Crippen LogP contribution in [0.3, 0.4) is 0 Å². The zero-order valence-electron chi connectivity index (χ0n) is 9.82. The minimum absolute atomic E-state index is 0.137. The molecule has 4 saturated carbocycles. The Morgan fingerprint density at radius 2 is 2.17 bits per heavy atom. The van der Waals surface area contributed by atoms with Crippen LogP contribution in [0.2, 0.25) is 0 Å². The Kier molecular flexibility index (Phi) is 1.97. The summed E-state index contributed by atoms with van der Waals surface area (Å²) in [5.74, 6) is 1.87. The third kappa shape index (κ3) is 1.38. The lowest BCUT2D eigenvalue weighted by Gasteiger charge is -2.70. The normalized spacial score (nSPS) is 36.7. The second-order valence-corrected chi connectivity index (χ2v) is 7.14. The first-order valence-corrected chi connectivity index (χ1v) is 7.36. The van der Waals surface area contributed by atoms with Gasteiger partial charge in [-0.2, -0.15) is 0 Å². The van der Waals surface area contributed by atoms with Crippen molar-refractivity contribution in [3.8, 4) is 0 Å². The predicted octanol–water partition coefficient (Wildman–Crippen LogP) is 2.26. The molecule has 5 rings (SSSR count). The summed E-state index contributed by atoms with van der Waals surface area (Å²) in [4.78, 5) is 15.4. The lowest BCUT2D eigenvalue weighted by Crippen LogP contribution is -2.78. The minimum atomic E-state index is -0.897. The molecule has 4 fully saturated rings. The number of rotatable bonds is 3. The summed E-state index contributed by atoms with van der Waals surface area (Å²) in [7, 11) is 0. The van der Waals surface area contributed by atoms with Gasteiger partial charge in [-0.05, 0) is 54.7 Å². The average molecular weight is 359 g/mol. The maximum Gasteiger partial charge on any atom is 0.405 e. The molecule has 0 spiro atoms. The van der Waals surface area contributed by atoms with Gasteiger partial charge in [0, 0.05) is 12.1 Å². The van der Waals surface area contributed by atoms with Gasteiger partial charge in [-0.25, -0.2) is 9.78 Å². The van der Waals surface area contributed by atoms with Gasteiger partial charge in [0.25, 0.3) is 0 Å². The van der Waals surface area contributed by atoms with Gasteiger partial charge in [-0.15, -0.1) is 0 Å². The van der Waals surface area contributed by atoms with E-state index >= 15 is 0 Å². The van der Waals surface area contributed by atoms with Crippen LogP contribution in [0.15, 0.2) is 6.20 Å². The van der Waals surface area contributed by atoms with Crippen molar-refractivity contribution < 1.29 is 9.90 Å². The summed E-state index contributed by atoms with van der Waals surface area (Å²) in [6, 6.07) is 0. The van der Waals surface area contributed by atoms with E-state index in [0.717, 1.165) is 23.0 Å². The number of nitrogens with one attached hydrogen (secondary N) is 1. The largest absolute Gasteiger partial charge is 0.465 e. The quantitative estimate of drug-likeness (QED) is 0.814. The Morgan fingerprint density at radius 1 is 1.50 bits per heavy atom. The summed E-state index contributed by atoms with van der Waals surface area (Å²) in [5, 5.41) is 11.5. The van der Waals surface area contributed by atoms with Crippen molar-refractivity contribution in [1.82, 2.24) is 14.9 Å². The van der Waals surface area contributed by atoms with Gasteiger partial charge in [-0.3, -0.25) is 0 Å². The van der Waals surface area contributed by atoms with Crippen molar-refractivity contribution in [3.05, 3.63) is 15.7 Å². The lowest BCUT2D eigenvalue weighted by atomic mass is 9.44. The molecule has 0 radical (unpaired) electrons. The Morgan fingerprint density at radius 3 is 2.72 bits per heavy atom. The van der Waals surface area contributed by atoms with Crippen molar-refractivity contribution in [1.29, 1.82) is 0 Å². The molecule has 0 aromatic carbocycles. The molecule has 4 aliphatic rings. The Hall–Kier alpha value is -0.790. The molecule has 2 bridgehead atoms. The Balaban J connectivity index is 1.58. The van der Waals surface area contributed by atoms with Crippen molar-refractivity contribution in [2.75, 3.05) is 0 Å². The highest BCUT2D eigenvalue weighted by molar-refractivity contribution is 14.1. The third-order valence-corrected chi connectivity index (χ3v) is 5.05. The van der Waals surface area contributed by atoms with Crippen LogP contribution < -0.4 is 5.32 Å². The fourth-order valence-corrected chi connectivity index (χ4v) is 4.25. The van der Waals surface area contributed by atoms with Crippen LogP contribution in [0, 0.1) is 3.70 Å². The monoisotopic (exact) mass is 359 g/mol. The number of halogens is 1. The molecule has 18 heavy (non-hydrogen) atoms. The summed E-state index contributed by atoms with van der Waals surface area (Å²) in [6.07, 6.45) is 6.53. The van der Waals surface area contributed by atoms with Gasteiger partial charge >= 0.3 is 6.09 Å². The Labute approximate surface area is 118 Å². The molecule has 0 saturated heterocycles. The summed E-state index contributed by atoms with van der Waals surface area (Å²) >= 11 is 2.27. The van der Waals surface area contributed by atoms with Crippen LogP contribution in [0.4, 0.5) is 4.79 Å². The van der Waals surface area contributed by atoms with Gasteiger partial charge in [0.15, 0.2) is 0 Å². The van der Waals surface area contributed by atoms with Gasteiger partial charge < -0.3 is 15.0 Å². The first kappa shape index (κ1) is 11.1. The number of imidazole rings is 1. The number of carbonyl (C=O) groups is 1. The van der Waals surface area contributed by atoms with Gasteiger partial charge in [0.1, 0.15) is 9.53 Å². The highest BCUT2D eigenvalue weighted by Gasteiger charge is 2.70. The molecule has 1 aromatic rings. The standard InChI is InChI=1S/C12H14IN3O2/c13-8-3-16(9(14-8)7-1-2-7)12-4-11(5-12,6-12)15-10(17)18/h3,7,15H,1-2,4-6H2,(H,17,18). The van der Waals surface area contributed by atoms with Crippen molar-refractivity contribution in [3.63, 3.8) is 0 Å². The number of hydrogen-bond donors (Lipinski definition) is 2. The van der Waals surface area contributed by atoms with Crippen LogP contribution in [0.1, 0.15) is 43.8 Å². The number of hydrogen-bond acceptors (Lipinski definition) is 2. The maximum atomic E-state index is 10.7. The molecule has 6 heteroatoms. The van der Waals surface area contributed by atoms with E-state index in [1.165, 1.54) is 18.7 Å². The van der Waals surface area contributed by atoms with E-state index in [1.54, 1.807) is 0 Å². The van der Waals surface area contributed by atoms with E-state index in [1.807, 2.05) is 0 Å². The molecule has 0 aliphatic heterocycles. The minimum Gasteiger partial charge on any atom is -0.465 e. The molecule has 1 heterocycles. The van der Waals surface area contributed by atoms with E-state index < -0.39 is 6.09 Å². The molecule has 96 valence electrons. The molecular weight excluding hydrogens is 345 g/mol. The van der Waals surface area contributed by atoms with Crippen LogP contribution in [-0.2, 0) is 5.54 Å².